The van der Waals surface area contributed by atoms with Gasteiger partial charge in [-0.25, -0.2) is 9.97 Å². The standard InChI is InChI=1S/C22H23N5O/c1-26-14-18-7-4-3-6-16(18)10-20(26)15-27(2)22(28)19-12-24-21(25-13-19)17-8-5-9-23-11-17/h3-9,11-13,20H,10,14-15H2,1-2H3. The Hall–Kier alpha value is -3.12. The van der Waals surface area contributed by atoms with E-state index in [0.717, 1.165) is 18.5 Å². The molecule has 0 fully saturated rings. The summed E-state index contributed by atoms with van der Waals surface area (Å²) in [7, 11) is 3.95. The quantitative estimate of drug-likeness (QED) is 0.704. The second-order valence-electron chi connectivity index (χ2n) is 7.26. The Balaban J connectivity index is 1.44. The summed E-state index contributed by atoms with van der Waals surface area (Å²) in [5.41, 5.74) is 4.07. The lowest BCUT2D eigenvalue weighted by Crippen LogP contribution is -2.46. The third kappa shape index (κ3) is 3.77. The minimum atomic E-state index is -0.0648. The van der Waals surface area contributed by atoms with Crippen LogP contribution in [0.2, 0.25) is 0 Å². The Labute approximate surface area is 164 Å². The van der Waals surface area contributed by atoms with E-state index in [-0.39, 0.29) is 5.91 Å². The fraction of sp³-hybridized carbons (Fsp3) is 0.273. The molecule has 6 heteroatoms. The zero-order valence-corrected chi connectivity index (χ0v) is 16.1. The van der Waals surface area contributed by atoms with Gasteiger partial charge < -0.3 is 4.90 Å². The van der Waals surface area contributed by atoms with E-state index in [0.29, 0.717) is 24.0 Å². The molecule has 0 saturated heterocycles. The van der Waals surface area contributed by atoms with E-state index < -0.39 is 0 Å². The van der Waals surface area contributed by atoms with Crippen LogP contribution in [-0.4, -0.2) is 57.3 Å². The fourth-order valence-corrected chi connectivity index (χ4v) is 3.62. The van der Waals surface area contributed by atoms with Gasteiger partial charge in [0.25, 0.3) is 5.91 Å². The van der Waals surface area contributed by atoms with Crippen molar-refractivity contribution in [1.29, 1.82) is 0 Å². The number of benzene rings is 1. The van der Waals surface area contributed by atoms with E-state index in [1.54, 1.807) is 29.7 Å². The summed E-state index contributed by atoms with van der Waals surface area (Å²) in [4.78, 5) is 29.7. The molecule has 0 radical (unpaired) electrons. The average molecular weight is 373 g/mol. The van der Waals surface area contributed by atoms with Crippen LogP contribution in [0.1, 0.15) is 21.5 Å². The summed E-state index contributed by atoms with van der Waals surface area (Å²) in [6.45, 7) is 1.57. The van der Waals surface area contributed by atoms with Crippen molar-refractivity contribution in [1.82, 2.24) is 24.8 Å². The van der Waals surface area contributed by atoms with Crippen LogP contribution in [0.5, 0.6) is 0 Å². The molecule has 1 amide bonds. The van der Waals surface area contributed by atoms with E-state index in [1.807, 2.05) is 19.2 Å². The van der Waals surface area contributed by atoms with E-state index in [4.69, 9.17) is 0 Å². The molecule has 0 spiro atoms. The van der Waals surface area contributed by atoms with Gasteiger partial charge in [0, 0.05) is 56.5 Å². The van der Waals surface area contributed by atoms with Gasteiger partial charge in [-0.05, 0) is 36.7 Å². The number of aromatic nitrogens is 3. The second-order valence-corrected chi connectivity index (χ2v) is 7.26. The number of amides is 1. The molecule has 28 heavy (non-hydrogen) atoms. The number of likely N-dealkylation sites (N-methyl/N-ethyl adjacent to an activating group) is 2. The molecule has 0 aliphatic carbocycles. The first-order valence-electron chi connectivity index (χ1n) is 9.37. The number of carbonyl (C=O) groups is 1. The summed E-state index contributed by atoms with van der Waals surface area (Å²) in [5, 5.41) is 0. The van der Waals surface area contributed by atoms with E-state index in [2.05, 4.69) is 51.2 Å². The number of fused-ring (bicyclic) bond motifs is 1. The SMILES string of the molecule is CN(CC1Cc2ccccc2CN1C)C(=O)c1cnc(-c2cccnc2)nc1. The fourth-order valence-electron chi connectivity index (χ4n) is 3.62. The molecule has 6 nitrogen and oxygen atoms in total. The molecule has 1 aromatic carbocycles. The van der Waals surface area contributed by atoms with Gasteiger partial charge in [0.2, 0.25) is 0 Å². The van der Waals surface area contributed by atoms with Crippen LogP contribution in [0.15, 0.2) is 61.2 Å². The van der Waals surface area contributed by atoms with E-state index in [9.17, 15) is 4.79 Å². The Morgan fingerprint density at radius 1 is 1.11 bits per heavy atom. The van der Waals surface area contributed by atoms with Crippen LogP contribution >= 0.6 is 0 Å². The summed E-state index contributed by atoms with van der Waals surface area (Å²) < 4.78 is 0. The van der Waals surface area contributed by atoms with Crippen molar-refractivity contribution in [2.24, 2.45) is 0 Å². The lowest BCUT2D eigenvalue weighted by Gasteiger charge is -2.36. The first kappa shape index (κ1) is 18.3. The highest BCUT2D eigenvalue weighted by molar-refractivity contribution is 5.93. The molecule has 1 aliphatic rings. The molecule has 0 N–H and O–H groups in total. The molecule has 3 heterocycles. The zero-order chi connectivity index (χ0) is 19.5. The topological polar surface area (TPSA) is 62.2 Å². The molecule has 142 valence electrons. The van der Waals surface area contributed by atoms with Gasteiger partial charge in [-0.1, -0.05) is 24.3 Å². The summed E-state index contributed by atoms with van der Waals surface area (Å²) in [6, 6.07) is 12.5. The van der Waals surface area contributed by atoms with Crippen LogP contribution in [0.3, 0.4) is 0 Å². The Morgan fingerprint density at radius 2 is 1.86 bits per heavy atom. The monoisotopic (exact) mass is 373 g/mol. The zero-order valence-electron chi connectivity index (χ0n) is 16.1. The summed E-state index contributed by atoms with van der Waals surface area (Å²) in [6.07, 6.45) is 7.54. The molecule has 0 saturated carbocycles. The minimum Gasteiger partial charge on any atom is -0.340 e. The summed E-state index contributed by atoms with van der Waals surface area (Å²) in [5.74, 6) is 0.501. The third-order valence-electron chi connectivity index (χ3n) is 5.27. The largest absolute Gasteiger partial charge is 0.340 e. The van der Waals surface area contributed by atoms with Crippen molar-refractivity contribution in [2.45, 2.75) is 19.0 Å². The van der Waals surface area contributed by atoms with Crippen molar-refractivity contribution in [3.8, 4) is 11.4 Å². The van der Waals surface area contributed by atoms with Crippen molar-refractivity contribution in [3.05, 3.63) is 77.9 Å². The van der Waals surface area contributed by atoms with Gasteiger partial charge >= 0.3 is 0 Å². The number of carbonyl (C=O) groups excluding carboxylic acids is 1. The smallest absolute Gasteiger partial charge is 0.256 e. The molecule has 1 unspecified atom stereocenters. The number of hydrogen-bond donors (Lipinski definition) is 0. The van der Waals surface area contributed by atoms with Crippen LogP contribution in [-0.2, 0) is 13.0 Å². The van der Waals surface area contributed by atoms with E-state index in [1.165, 1.54) is 11.1 Å². The average Bonchev–Trinajstić information content (AvgIpc) is 2.74. The maximum atomic E-state index is 12.8. The van der Waals surface area contributed by atoms with Gasteiger partial charge in [-0.15, -0.1) is 0 Å². The number of rotatable bonds is 4. The lowest BCUT2D eigenvalue weighted by molar-refractivity contribution is 0.0732. The predicted molar refractivity (Wildman–Crippen MR) is 108 cm³/mol. The minimum absolute atomic E-state index is 0.0648. The Bertz CT molecular complexity index is 958. The molecule has 3 aromatic rings. The number of pyridine rings is 1. The van der Waals surface area contributed by atoms with Crippen molar-refractivity contribution >= 4 is 5.91 Å². The van der Waals surface area contributed by atoms with Gasteiger partial charge in [0.1, 0.15) is 0 Å². The van der Waals surface area contributed by atoms with Crippen molar-refractivity contribution < 1.29 is 4.79 Å². The van der Waals surface area contributed by atoms with Gasteiger partial charge in [-0.2, -0.15) is 0 Å². The maximum Gasteiger partial charge on any atom is 0.256 e. The lowest BCUT2D eigenvalue weighted by atomic mass is 9.94. The van der Waals surface area contributed by atoms with Crippen molar-refractivity contribution in [3.63, 3.8) is 0 Å². The number of hydrogen-bond acceptors (Lipinski definition) is 5. The second kappa shape index (κ2) is 7.86. The first-order valence-corrected chi connectivity index (χ1v) is 9.37. The normalized spacial score (nSPS) is 16.4. The first-order chi connectivity index (χ1) is 13.6. The third-order valence-corrected chi connectivity index (χ3v) is 5.27. The van der Waals surface area contributed by atoms with Crippen LogP contribution in [0, 0.1) is 0 Å². The van der Waals surface area contributed by atoms with E-state index >= 15 is 0 Å². The Kier molecular flexibility index (Phi) is 5.12. The molecule has 1 aliphatic heterocycles. The highest BCUT2D eigenvalue weighted by atomic mass is 16.2. The molecule has 0 bridgehead atoms. The predicted octanol–water partition coefficient (Wildman–Crippen LogP) is 2.67. The molecule has 2 aromatic heterocycles. The van der Waals surface area contributed by atoms with Crippen LogP contribution in [0.25, 0.3) is 11.4 Å². The van der Waals surface area contributed by atoms with Gasteiger partial charge in [-0.3, -0.25) is 14.7 Å². The summed E-state index contributed by atoms with van der Waals surface area (Å²) >= 11 is 0. The number of nitrogens with zero attached hydrogens (tertiary/aromatic N) is 5. The highest BCUT2D eigenvalue weighted by Crippen LogP contribution is 2.22. The highest BCUT2D eigenvalue weighted by Gasteiger charge is 2.26. The van der Waals surface area contributed by atoms with Gasteiger partial charge in [0.05, 0.1) is 5.56 Å². The molecule has 4 rings (SSSR count). The van der Waals surface area contributed by atoms with Crippen LogP contribution < -0.4 is 0 Å². The molecular formula is C22H23N5O. The van der Waals surface area contributed by atoms with Crippen molar-refractivity contribution in [2.75, 3.05) is 20.6 Å². The molecule has 1 atom stereocenters. The molecular weight excluding hydrogens is 350 g/mol. The van der Waals surface area contributed by atoms with Crippen LogP contribution in [0.4, 0.5) is 0 Å². The maximum absolute atomic E-state index is 12.8. The Morgan fingerprint density at radius 3 is 2.57 bits per heavy atom. The van der Waals surface area contributed by atoms with Gasteiger partial charge in [0.15, 0.2) is 5.82 Å².